The van der Waals surface area contributed by atoms with Crippen LogP contribution in [-0.4, -0.2) is 53.6 Å². The van der Waals surface area contributed by atoms with Gasteiger partial charge in [-0.15, -0.1) is 0 Å². The average molecular weight is 307 g/mol. The number of benzene rings is 1. The number of ether oxygens (including phenoxy) is 1. The van der Waals surface area contributed by atoms with E-state index in [0.717, 1.165) is 37.2 Å². The van der Waals surface area contributed by atoms with Crippen LogP contribution in [-0.2, 0) is 0 Å². The van der Waals surface area contributed by atoms with Crippen molar-refractivity contribution in [3.05, 3.63) is 29.3 Å². The molecule has 1 saturated heterocycles. The SMILES string of the molecule is Cc1ccc(OCC(O)CN2CCCC(C(C)O)C2)c(C)c1. The minimum absolute atomic E-state index is 0.272. The molecule has 1 aliphatic heterocycles. The smallest absolute Gasteiger partial charge is 0.122 e. The van der Waals surface area contributed by atoms with E-state index in [9.17, 15) is 10.2 Å². The molecule has 3 atom stereocenters. The molecule has 4 heteroatoms. The Morgan fingerprint density at radius 2 is 2.09 bits per heavy atom. The van der Waals surface area contributed by atoms with Crippen molar-refractivity contribution >= 4 is 0 Å². The fourth-order valence-corrected chi connectivity index (χ4v) is 3.15. The van der Waals surface area contributed by atoms with Crippen LogP contribution in [0.1, 0.15) is 30.9 Å². The van der Waals surface area contributed by atoms with Gasteiger partial charge in [0.05, 0.1) is 6.10 Å². The zero-order valence-corrected chi connectivity index (χ0v) is 14.0. The molecule has 0 bridgehead atoms. The molecule has 3 unspecified atom stereocenters. The molecule has 0 aromatic heterocycles. The summed E-state index contributed by atoms with van der Waals surface area (Å²) in [6, 6.07) is 6.06. The lowest BCUT2D eigenvalue weighted by atomic mass is 9.93. The second-order valence-electron chi connectivity index (χ2n) is 6.64. The van der Waals surface area contributed by atoms with Crippen molar-refractivity contribution in [2.24, 2.45) is 5.92 Å². The summed E-state index contributed by atoms with van der Waals surface area (Å²) in [7, 11) is 0. The largest absolute Gasteiger partial charge is 0.491 e. The van der Waals surface area contributed by atoms with Gasteiger partial charge in [0, 0.05) is 13.1 Å². The number of hydrogen-bond donors (Lipinski definition) is 2. The highest BCUT2D eigenvalue weighted by Gasteiger charge is 2.24. The normalized spacial score (nSPS) is 22.3. The summed E-state index contributed by atoms with van der Waals surface area (Å²) in [5.41, 5.74) is 2.31. The van der Waals surface area contributed by atoms with Gasteiger partial charge in [-0.3, -0.25) is 0 Å². The number of nitrogens with zero attached hydrogens (tertiary/aromatic N) is 1. The Hall–Kier alpha value is -1.10. The molecule has 4 nitrogen and oxygen atoms in total. The van der Waals surface area contributed by atoms with Crippen LogP contribution in [0.15, 0.2) is 18.2 Å². The number of aryl methyl sites for hydroxylation is 2. The number of likely N-dealkylation sites (tertiary alicyclic amines) is 1. The molecule has 1 heterocycles. The van der Waals surface area contributed by atoms with Crippen LogP contribution < -0.4 is 4.74 Å². The number of β-amino-alcohol motifs (C(OH)–C–C–N with tert-alkyl or cyclic N) is 1. The summed E-state index contributed by atoms with van der Waals surface area (Å²) >= 11 is 0. The molecule has 1 aliphatic rings. The van der Waals surface area contributed by atoms with Crippen molar-refractivity contribution in [1.29, 1.82) is 0 Å². The predicted octanol–water partition coefficient (Wildman–Crippen LogP) is 2.14. The first-order chi connectivity index (χ1) is 10.5. The highest BCUT2D eigenvalue weighted by atomic mass is 16.5. The Balaban J connectivity index is 1.79. The lowest BCUT2D eigenvalue weighted by molar-refractivity contribution is 0.0243. The number of hydrogen-bond acceptors (Lipinski definition) is 4. The number of aliphatic hydroxyl groups excluding tert-OH is 2. The Morgan fingerprint density at radius 3 is 2.77 bits per heavy atom. The molecule has 1 fully saturated rings. The van der Waals surface area contributed by atoms with E-state index >= 15 is 0 Å². The van der Waals surface area contributed by atoms with Gasteiger partial charge in [-0.1, -0.05) is 17.7 Å². The van der Waals surface area contributed by atoms with E-state index in [4.69, 9.17) is 4.74 Å². The Bertz CT molecular complexity index is 475. The maximum atomic E-state index is 10.2. The van der Waals surface area contributed by atoms with Crippen LogP contribution in [0.25, 0.3) is 0 Å². The summed E-state index contributed by atoms with van der Waals surface area (Å²) in [5, 5.41) is 19.9. The third-order valence-corrected chi connectivity index (χ3v) is 4.45. The second-order valence-corrected chi connectivity index (χ2v) is 6.64. The lowest BCUT2D eigenvalue weighted by Crippen LogP contribution is -2.44. The summed E-state index contributed by atoms with van der Waals surface area (Å²) < 4.78 is 5.74. The number of rotatable bonds is 6. The van der Waals surface area contributed by atoms with Crippen LogP contribution in [0, 0.1) is 19.8 Å². The Labute approximate surface area is 133 Å². The molecular weight excluding hydrogens is 278 g/mol. The monoisotopic (exact) mass is 307 g/mol. The van der Waals surface area contributed by atoms with Crippen LogP contribution in [0.4, 0.5) is 0 Å². The van der Waals surface area contributed by atoms with Crippen LogP contribution >= 0.6 is 0 Å². The number of piperidine rings is 1. The van der Waals surface area contributed by atoms with Crippen LogP contribution in [0.3, 0.4) is 0 Å². The third-order valence-electron chi connectivity index (χ3n) is 4.45. The van der Waals surface area contributed by atoms with Crippen molar-refractivity contribution in [3.63, 3.8) is 0 Å². The lowest BCUT2D eigenvalue weighted by Gasteiger charge is -2.35. The van der Waals surface area contributed by atoms with Gasteiger partial charge in [0.2, 0.25) is 0 Å². The van der Waals surface area contributed by atoms with Gasteiger partial charge >= 0.3 is 0 Å². The maximum Gasteiger partial charge on any atom is 0.122 e. The molecule has 2 rings (SSSR count). The van der Waals surface area contributed by atoms with Gasteiger partial charge in [-0.2, -0.15) is 0 Å². The van der Waals surface area contributed by atoms with Gasteiger partial charge in [0.25, 0.3) is 0 Å². The molecule has 2 N–H and O–H groups in total. The number of aliphatic hydroxyl groups is 2. The second kappa shape index (κ2) is 7.95. The maximum absolute atomic E-state index is 10.2. The van der Waals surface area contributed by atoms with Gasteiger partial charge in [-0.25, -0.2) is 0 Å². The van der Waals surface area contributed by atoms with Crippen LogP contribution in [0.2, 0.25) is 0 Å². The standard InChI is InChI=1S/C18H29NO3/c1-13-6-7-18(14(2)9-13)22-12-17(21)11-19-8-4-5-16(10-19)15(3)20/h6-7,9,15-17,20-21H,4-5,8,10-12H2,1-3H3. The minimum Gasteiger partial charge on any atom is -0.491 e. The molecule has 1 aromatic carbocycles. The summed E-state index contributed by atoms with van der Waals surface area (Å²) in [4.78, 5) is 2.23. The fourth-order valence-electron chi connectivity index (χ4n) is 3.15. The quantitative estimate of drug-likeness (QED) is 0.845. The Morgan fingerprint density at radius 1 is 1.32 bits per heavy atom. The predicted molar refractivity (Wildman–Crippen MR) is 88.3 cm³/mol. The zero-order chi connectivity index (χ0) is 16.1. The van der Waals surface area contributed by atoms with Gasteiger partial charge < -0.3 is 19.8 Å². The summed E-state index contributed by atoms with van der Waals surface area (Å²) in [5.74, 6) is 1.16. The third kappa shape index (κ3) is 4.97. The van der Waals surface area contributed by atoms with Crippen molar-refractivity contribution in [2.45, 2.75) is 45.8 Å². The Kier molecular flexibility index (Phi) is 6.24. The zero-order valence-electron chi connectivity index (χ0n) is 14.0. The van der Waals surface area contributed by atoms with Gasteiger partial charge in [0.1, 0.15) is 18.5 Å². The highest BCUT2D eigenvalue weighted by Crippen LogP contribution is 2.21. The van der Waals surface area contributed by atoms with Crippen LogP contribution in [0.5, 0.6) is 5.75 Å². The molecule has 0 amide bonds. The molecule has 0 saturated carbocycles. The van der Waals surface area contributed by atoms with Crippen molar-refractivity contribution in [2.75, 3.05) is 26.2 Å². The van der Waals surface area contributed by atoms with Gasteiger partial charge in [-0.05, 0) is 57.7 Å². The van der Waals surface area contributed by atoms with Gasteiger partial charge in [0.15, 0.2) is 0 Å². The molecule has 0 aliphatic carbocycles. The molecular formula is C18H29NO3. The van der Waals surface area contributed by atoms with Crippen molar-refractivity contribution < 1.29 is 14.9 Å². The summed E-state index contributed by atoms with van der Waals surface area (Å²) in [6.45, 7) is 8.69. The van der Waals surface area contributed by atoms with E-state index in [-0.39, 0.29) is 6.10 Å². The first-order valence-corrected chi connectivity index (χ1v) is 8.24. The molecule has 0 radical (unpaired) electrons. The molecule has 0 spiro atoms. The topological polar surface area (TPSA) is 52.9 Å². The fraction of sp³-hybridized carbons (Fsp3) is 0.667. The molecule has 22 heavy (non-hydrogen) atoms. The molecule has 1 aromatic rings. The van der Waals surface area contributed by atoms with E-state index in [2.05, 4.69) is 17.9 Å². The molecule has 124 valence electrons. The average Bonchev–Trinajstić information content (AvgIpc) is 2.46. The van der Waals surface area contributed by atoms with E-state index in [0.29, 0.717) is 19.1 Å². The van der Waals surface area contributed by atoms with E-state index in [1.165, 1.54) is 5.56 Å². The summed E-state index contributed by atoms with van der Waals surface area (Å²) in [6.07, 6.45) is 1.38. The first kappa shape index (κ1) is 17.3. The van der Waals surface area contributed by atoms with E-state index in [1.807, 2.05) is 26.0 Å². The van der Waals surface area contributed by atoms with E-state index in [1.54, 1.807) is 0 Å². The minimum atomic E-state index is -0.506. The van der Waals surface area contributed by atoms with Crippen molar-refractivity contribution in [3.8, 4) is 5.75 Å². The first-order valence-electron chi connectivity index (χ1n) is 8.24. The highest BCUT2D eigenvalue weighted by molar-refractivity contribution is 5.35. The van der Waals surface area contributed by atoms with Crippen molar-refractivity contribution in [1.82, 2.24) is 4.90 Å². The van der Waals surface area contributed by atoms with E-state index < -0.39 is 6.10 Å².